The second kappa shape index (κ2) is 7.04. The van der Waals surface area contributed by atoms with E-state index in [1.807, 2.05) is 19.9 Å². The van der Waals surface area contributed by atoms with Crippen molar-refractivity contribution in [1.29, 1.82) is 0 Å². The number of hydrogen-bond acceptors (Lipinski definition) is 4. The fraction of sp³-hybridized carbons (Fsp3) is 0.462. The topological polar surface area (TPSA) is 80.0 Å². The van der Waals surface area contributed by atoms with Crippen molar-refractivity contribution in [1.82, 2.24) is 10.3 Å². The maximum Gasteiger partial charge on any atom is 0.242 e. The molecule has 0 fully saturated rings. The Hall–Kier alpha value is -1.69. The molecule has 104 valence electrons. The van der Waals surface area contributed by atoms with Crippen molar-refractivity contribution in [2.45, 2.75) is 33.2 Å². The smallest absolute Gasteiger partial charge is 0.242 e. The van der Waals surface area contributed by atoms with Crippen LogP contribution in [0.15, 0.2) is 12.1 Å². The van der Waals surface area contributed by atoms with Gasteiger partial charge in [0.2, 0.25) is 5.91 Å². The molecule has 1 amide bonds. The number of rotatable bonds is 6. The van der Waals surface area contributed by atoms with Crippen LogP contribution in [0.2, 0.25) is 0 Å². The van der Waals surface area contributed by atoms with E-state index in [1.165, 1.54) is 0 Å². The van der Waals surface area contributed by atoms with E-state index in [-0.39, 0.29) is 11.9 Å². The standard InChI is InChI=1S/C13H20N4OS/c1-4-5-15-13(18)9(3)17-11-7-10(12(14)19)6-8(2)16-11/h6-7,9H,4-5H2,1-3H3,(H2,14,19)(H,15,18)(H,16,17). The number of carbonyl (C=O) groups excluding carboxylic acids is 1. The van der Waals surface area contributed by atoms with Crippen LogP contribution >= 0.6 is 12.2 Å². The molecular formula is C13H20N4OS. The van der Waals surface area contributed by atoms with Crippen LogP contribution in [0.5, 0.6) is 0 Å². The summed E-state index contributed by atoms with van der Waals surface area (Å²) in [6.45, 7) is 6.32. The summed E-state index contributed by atoms with van der Waals surface area (Å²) in [6.07, 6.45) is 0.909. The third kappa shape index (κ3) is 4.82. The molecule has 1 aromatic rings. The van der Waals surface area contributed by atoms with Gasteiger partial charge in [0.25, 0.3) is 0 Å². The number of nitrogens with zero attached hydrogens (tertiary/aromatic N) is 1. The number of anilines is 1. The fourth-order valence-corrected chi connectivity index (χ4v) is 1.69. The molecule has 5 nitrogen and oxygen atoms in total. The Kier molecular flexibility index (Phi) is 5.69. The fourth-order valence-electron chi connectivity index (χ4n) is 1.57. The highest BCUT2D eigenvalue weighted by Crippen LogP contribution is 2.11. The van der Waals surface area contributed by atoms with Crippen molar-refractivity contribution in [2.75, 3.05) is 11.9 Å². The zero-order valence-corrected chi connectivity index (χ0v) is 12.3. The predicted octanol–water partition coefficient (Wildman–Crippen LogP) is 1.35. The van der Waals surface area contributed by atoms with Crippen LogP contribution in [-0.2, 0) is 4.79 Å². The maximum atomic E-state index is 11.8. The normalized spacial score (nSPS) is 11.7. The second-order valence-electron chi connectivity index (χ2n) is 4.40. The van der Waals surface area contributed by atoms with Crippen LogP contribution in [0, 0.1) is 6.92 Å². The molecule has 0 radical (unpaired) electrons. The Morgan fingerprint density at radius 2 is 2.21 bits per heavy atom. The number of pyridine rings is 1. The zero-order chi connectivity index (χ0) is 14.4. The SMILES string of the molecule is CCCNC(=O)C(C)Nc1cc(C(N)=S)cc(C)n1. The lowest BCUT2D eigenvalue weighted by Gasteiger charge is -2.15. The van der Waals surface area contributed by atoms with E-state index in [0.717, 1.165) is 17.7 Å². The average Bonchev–Trinajstić information content (AvgIpc) is 2.34. The molecule has 0 saturated carbocycles. The molecule has 1 atom stereocenters. The van der Waals surface area contributed by atoms with Crippen molar-refractivity contribution in [2.24, 2.45) is 5.73 Å². The molecule has 1 unspecified atom stereocenters. The number of hydrogen-bond donors (Lipinski definition) is 3. The van der Waals surface area contributed by atoms with Gasteiger partial charge in [0.1, 0.15) is 16.8 Å². The molecule has 1 heterocycles. The summed E-state index contributed by atoms with van der Waals surface area (Å²) < 4.78 is 0. The number of nitrogens with two attached hydrogens (primary N) is 1. The number of aromatic nitrogens is 1. The van der Waals surface area contributed by atoms with E-state index >= 15 is 0 Å². The summed E-state index contributed by atoms with van der Waals surface area (Å²) in [6, 6.07) is 3.20. The van der Waals surface area contributed by atoms with E-state index in [9.17, 15) is 4.79 Å². The number of nitrogens with one attached hydrogen (secondary N) is 2. The third-order valence-corrected chi connectivity index (χ3v) is 2.78. The Bertz CT molecular complexity index is 476. The van der Waals surface area contributed by atoms with Crippen LogP contribution in [-0.4, -0.2) is 28.5 Å². The monoisotopic (exact) mass is 280 g/mol. The average molecular weight is 280 g/mol. The first-order valence-corrected chi connectivity index (χ1v) is 6.67. The van der Waals surface area contributed by atoms with E-state index in [1.54, 1.807) is 13.0 Å². The van der Waals surface area contributed by atoms with Crippen molar-refractivity contribution >= 4 is 28.9 Å². The molecule has 6 heteroatoms. The Labute approximate surface area is 119 Å². The molecule has 0 aliphatic heterocycles. The molecule has 0 aliphatic carbocycles. The molecule has 1 rings (SSSR count). The molecule has 0 saturated heterocycles. The minimum Gasteiger partial charge on any atom is -0.389 e. The molecule has 19 heavy (non-hydrogen) atoms. The van der Waals surface area contributed by atoms with Gasteiger partial charge in [-0.3, -0.25) is 4.79 Å². The van der Waals surface area contributed by atoms with E-state index in [2.05, 4.69) is 15.6 Å². The summed E-state index contributed by atoms with van der Waals surface area (Å²) in [4.78, 5) is 16.4. The van der Waals surface area contributed by atoms with Crippen molar-refractivity contribution in [3.8, 4) is 0 Å². The van der Waals surface area contributed by atoms with Gasteiger partial charge in [-0.15, -0.1) is 0 Å². The highest BCUT2D eigenvalue weighted by molar-refractivity contribution is 7.80. The van der Waals surface area contributed by atoms with Gasteiger partial charge in [0.15, 0.2) is 0 Å². The second-order valence-corrected chi connectivity index (χ2v) is 4.84. The Morgan fingerprint density at radius 3 is 2.79 bits per heavy atom. The lowest BCUT2D eigenvalue weighted by atomic mass is 10.2. The molecule has 0 aromatic carbocycles. The molecule has 1 aromatic heterocycles. The highest BCUT2D eigenvalue weighted by atomic mass is 32.1. The molecular weight excluding hydrogens is 260 g/mol. The predicted molar refractivity (Wildman–Crippen MR) is 81.2 cm³/mol. The first kappa shape index (κ1) is 15.4. The van der Waals surface area contributed by atoms with E-state index in [0.29, 0.717) is 17.4 Å². The summed E-state index contributed by atoms with van der Waals surface area (Å²) >= 11 is 4.95. The Balaban J connectivity index is 2.76. The lowest BCUT2D eigenvalue weighted by molar-refractivity contribution is -0.121. The van der Waals surface area contributed by atoms with Gasteiger partial charge in [-0.05, 0) is 32.4 Å². The summed E-state index contributed by atoms with van der Waals surface area (Å²) in [5.41, 5.74) is 7.15. The van der Waals surface area contributed by atoms with Gasteiger partial charge in [0, 0.05) is 17.8 Å². The van der Waals surface area contributed by atoms with Crippen molar-refractivity contribution in [3.63, 3.8) is 0 Å². The molecule has 0 spiro atoms. The number of amides is 1. The molecule has 4 N–H and O–H groups in total. The van der Waals surface area contributed by atoms with Gasteiger partial charge < -0.3 is 16.4 Å². The summed E-state index contributed by atoms with van der Waals surface area (Å²) in [5.74, 6) is 0.545. The quantitative estimate of drug-likeness (QED) is 0.685. The molecule has 0 bridgehead atoms. The van der Waals surface area contributed by atoms with Crippen LogP contribution in [0.4, 0.5) is 5.82 Å². The minimum absolute atomic E-state index is 0.0537. The Morgan fingerprint density at radius 1 is 1.53 bits per heavy atom. The maximum absolute atomic E-state index is 11.8. The lowest BCUT2D eigenvalue weighted by Crippen LogP contribution is -2.38. The minimum atomic E-state index is -0.361. The highest BCUT2D eigenvalue weighted by Gasteiger charge is 2.13. The summed E-state index contributed by atoms with van der Waals surface area (Å²) in [5, 5.41) is 5.87. The third-order valence-electron chi connectivity index (χ3n) is 2.54. The van der Waals surface area contributed by atoms with E-state index in [4.69, 9.17) is 18.0 Å². The first-order valence-electron chi connectivity index (χ1n) is 6.26. The number of aryl methyl sites for hydroxylation is 1. The van der Waals surface area contributed by atoms with Crippen LogP contribution in [0.3, 0.4) is 0 Å². The first-order chi connectivity index (χ1) is 8.93. The van der Waals surface area contributed by atoms with Gasteiger partial charge in [0.05, 0.1) is 0 Å². The van der Waals surface area contributed by atoms with Crippen LogP contribution in [0.1, 0.15) is 31.5 Å². The zero-order valence-electron chi connectivity index (χ0n) is 11.5. The molecule has 0 aliphatic rings. The van der Waals surface area contributed by atoms with Crippen LogP contribution in [0.25, 0.3) is 0 Å². The van der Waals surface area contributed by atoms with E-state index < -0.39 is 0 Å². The van der Waals surface area contributed by atoms with Crippen LogP contribution < -0.4 is 16.4 Å². The van der Waals surface area contributed by atoms with Crippen molar-refractivity contribution < 1.29 is 4.79 Å². The van der Waals surface area contributed by atoms with Gasteiger partial charge in [-0.2, -0.15) is 0 Å². The largest absolute Gasteiger partial charge is 0.389 e. The van der Waals surface area contributed by atoms with Crippen molar-refractivity contribution in [3.05, 3.63) is 23.4 Å². The summed E-state index contributed by atoms with van der Waals surface area (Å²) in [7, 11) is 0. The van der Waals surface area contributed by atoms with Gasteiger partial charge in [-0.25, -0.2) is 4.98 Å². The van der Waals surface area contributed by atoms with Gasteiger partial charge >= 0.3 is 0 Å². The number of carbonyl (C=O) groups is 1. The van der Waals surface area contributed by atoms with Gasteiger partial charge in [-0.1, -0.05) is 19.1 Å². The number of thiocarbonyl (C=S) groups is 1.